The van der Waals surface area contributed by atoms with Gasteiger partial charge >= 0.3 is 0 Å². The van der Waals surface area contributed by atoms with Crippen molar-refractivity contribution in [1.29, 1.82) is 0 Å². The third kappa shape index (κ3) is 1.27. The highest BCUT2D eigenvalue weighted by Gasteiger charge is 2.40. The van der Waals surface area contributed by atoms with E-state index in [4.69, 9.17) is 0 Å². The van der Waals surface area contributed by atoms with Gasteiger partial charge in [-0.15, -0.1) is 0 Å². The molecule has 2 nitrogen and oxygen atoms in total. The van der Waals surface area contributed by atoms with E-state index in [-0.39, 0.29) is 0 Å². The van der Waals surface area contributed by atoms with Crippen molar-refractivity contribution in [2.45, 2.75) is 19.8 Å². The number of aliphatic hydroxyl groups is 1. The Bertz CT molecular complexity index is 146. The molecule has 0 spiro atoms. The van der Waals surface area contributed by atoms with E-state index in [1.54, 1.807) is 0 Å². The van der Waals surface area contributed by atoms with Crippen LogP contribution in [0.3, 0.4) is 0 Å². The standard InChI is InChI=1S/C10H19NO/c1-2-11-5-8-3-4-9(6-11)10(8)7-12/h8-10,12H,2-7H2,1H3. The highest BCUT2D eigenvalue weighted by atomic mass is 16.3. The number of rotatable bonds is 2. The fraction of sp³-hybridized carbons (Fsp3) is 1.00. The van der Waals surface area contributed by atoms with E-state index in [1.807, 2.05) is 0 Å². The highest BCUT2D eigenvalue weighted by molar-refractivity contribution is 4.91. The zero-order chi connectivity index (χ0) is 8.55. The first-order valence-electron chi connectivity index (χ1n) is 5.18. The Morgan fingerprint density at radius 3 is 2.25 bits per heavy atom. The SMILES string of the molecule is CCN1CC2CCC(C1)C2CO. The minimum Gasteiger partial charge on any atom is -0.396 e. The molecule has 2 bridgehead atoms. The number of hydrogen-bond donors (Lipinski definition) is 1. The minimum atomic E-state index is 0.423. The maximum atomic E-state index is 9.21. The van der Waals surface area contributed by atoms with Crippen LogP contribution in [0.4, 0.5) is 0 Å². The van der Waals surface area contributed by atoms with Crippen LogP contribution < -0.4 is 0 Å². The summed E-state index contributed by atoms with van der Waals surface area (Å²) in [5, 5.41) is 9.21. The van der Waals surface area contributed by atoms with Gasteiger partial charge in [0.1, 0.15) is 0 Å². The molecule has 2 fully saturated rings. The number of nitrogens with zero attached hydrogens (tertiary/aromatic N) is 1. The van der Waals surface area contributed by atoms with Crippen LogP contribution in [0, 0.1) is 17.8 Å². The lowest BCUT2D eigenvalue weighted by atomic mass is 9.86. The van der Waals surface area contributed by atoms with Crippen molar-refractivity contribution in [3.63, 3.8) is 0 Å². The van der Waals surface area contributed by atoms with Crippen LogP contribution in [0.1, 0.15) is 19.8 Å². The highest BCUT2D eigenvalue weighted by Crippen LogP contribution is 2.41. The van der Waals surface area contributed by atoms with E-state index < -0.39 is 0 Å². The number of piperidine rings is 1. The van der Waals surface area contributed by atoms with E-state index in [9.17, 15) is 5.11 Å². The second kappa shape index (κ2) is 3.35. The normalized spacial score (nSPS) is 42.0. The molecule has 2 aliphatic rings. The first kappa shape index (κ1) is 8.52. The molecule has 2 unspecified atom stereocenters. The summed E-state index contributed by atoms with van der Waals surface area (Å²) in [5.41, 5.74) is 0. The van der Waals surface area contributed by atoms with Crippen molar-refractivity contribution in [2.75, 3.05) is 26.2 Å². The zero-order valence-electron chi connectivity index (χ0n) is 7.87. The summed E-state index contributed by atoms with van der Waals surface area (Å²) >= 11 is 0. The van der Waals surface area contributed by atoms with E-state index in [0.717, 1.165) is 11.8 Å². The Balaban J connectivity index is 2.01. The number of aliphatic hydroxyl groups excluding tert-OH is 1. The molecule has 70 valence electrons. The average Bonchev–Trinajstić information content (AvgIpc) is 2.35. The van der Waals surface area contributed by atoms with Gasteiger partial charge in [0.15, 0.2) is 0 Å². The molecule has 0 aromatic rings. The van der Waals surface area contributed by atoms with Crippen molar-refractivity contribution in [2.24, 2.45) is 17.8 Å². The van der Waals surface area contributed by atoms with E-state index in [2.05, 4.69) is 11.8 Å². The van der Waals surface area contributed by atoms with Gasteiger partial charge in [0.25, 0.3) is 0 Å². The lowest BCUT2D eigenvalue weighted by Crippen LogP contribution is -2.42. The van der Waals surface area contributed by atoms with Crippen LogP contribution in [0.2, 0.25) is 0 Å². The first-order chi connectivity index (χ1) is 5.85. The van der Waals surface area contributed by atoms with Gasteiger partial charge in [-0.3, -0.25) is 0 Å². The molecule has 1 aliphatic carbocycles. The third-order valence-corrected chi connectivity index (χ3v) is 3.76. The van der Waals surface area contributed by atoms with Gasteiger partial charge < -0.3 is 10.0 Å². The molecule has 12 heavy (non-hydrogen) atoms. The van der Waals surface area contributed by atoms with Gasteiger partial charge in [-0.2, -0.15) is 0 Å². The van der Waals surface area contributed by atoms with Crippen LogP contribution >= 0.6 is 0 Å². The molecular weight excluding hydrogens is 150 g/mol. The smallest absolute Gasteiger partial charge is 0.0465 e. The number of hydrogen-bond acceptors (Lipinski definition) is 2. The topological polar surface area (TPSA) is 23.5 Å². The molecule has 1 heterocycles. The molecule has 1 N–H and O–H groups in total. The molecule has 2 atom stereocenters. The van der Waals surface area contributed by atoms with Crippen molar-refractivity contribution in [3.8, 4) is 0 Å². The first-order valence-corrected chi connectivity index (χ1v) is 5.18. The maximum Gasteiger partial charge on any atom is 0.0465 e. The van der Waals surface area contributed by atoms with Gasteiger partial charge in [0.05, 0.1) is 0 Å². The van der Waals surface area contributed by atoms with Crippen LogP contribution in [-0.2, 0) is 0 Å². The third-order valence-electron chi connectivity index (χ3n) is 3.76. The number of likely N-dealkylation sites (tertiary alicyclic amines) is 1. The minimum absolute atomic E-state index is 0.423. The second-order valence-electron chi connectivity index (χ2n) is 4.30. The Labute approximate surface area is 74.6 Å². The zero-order valence-corrected chi connectivity index (χ0v) is 7.87. The molecule has 2 rings (SSSR count). The van der Waals surface area contributed by atoms with Gasteiger partial charge in [-0.1, -0.05) is 6.92 Å². The van der Waals surface area contributed by atoms with Crippen molar-refractivity contribution < 1.29 is 5.11 Å². The molecule has 1 aliphatic heterocycles. The fourth-order valence-electron chi connectivity index (χ4n) is 2.99. The van der Waals surface area contributed by atoms with E-state index >= 15 is 0 Å². The predicted molar refractivity (Wildman–Crippen MR) is 48.9 cm³/mol. The fourth-order valence-corrected chi connectivity index (χ4v) is 2.99. The lowest BCUT2D eigenvalue weighted by Gasteiger charge is -2.36. The summed E-state index contributed by atoms with van der Waals surface area (Å²) in [7, 11) is 0. The van der Waals surface area contributed by atoms with Gasteiger partial charge in [0.2, 0.25) is 0 Å². The summed E-state index contributed by atoms with van der Waals surface area (Å²) in [6.45, 7) is 6.31. The molecule has 2 heteroatoms. The molecule has 0 amide bonds. The Morgan fingerprint density at radius 2 is 1.83 bits per heavy atom. The quantitative estimate of drug-likeness (QED) is 0.665. The molecule has 1 saturated heterocycles. The summed E-state index contributed by atoms with van der Waals surface area (Å²) in [6, 6.07) is 0. The van der Waals surface area contributed by atoms with Gasteiger partial charge in [-0.25, -0.2) is 0 Å². The molecule has 0 radical (unpaired) electrons. The monoisotopic (exact) mass is 169 g/mol. The van der Waals surface area contributed by atoms with E-state index in [0.29, 0.717) is 12.5 Å². The Kier molecular flexibility index (Phi) is 2.37. The van der Waals surface area contributed by atoms with Crippen molar-refractivity contribution >= 4 is 0 Å². The van der Waals surface area contributed by atoms with Gasteiger partial charge in [-0.05, 0) is 37.1 Å². The van der Waals surface area contributed by atoms with Crippen molar-refractivity contribution in [3.05, 3.63) is 0 Å². The Morgan fingerprint density at radius 1 is 1.25 bits per heavy atom. The summed E-state index contributed by atoms with van der Waals surface area (Å²) in [6.07, 6.45) is 2.71. The van der Waals surface area contributed by atoms with Gasteiger partial charge in [0, 0.05) is 19.7 Å². The van der Waals surface area contributed by atoms with Crippen LogP contribution in [0.25, 0.3) is 0 Å². The summed E-state index contributed by atoms with van der Waals surface area (Å²) in [4.78, 5) is 2.54. The predicted octanol–water partition coefficient (Wildman–Crippen LogP) is 0.957. The largest absolute Gasteiger partial charge is 0.396 e. The molecule has 0 aromatic heterocycles. The van der Waals surface area contributed by atoms with E-state index in [1.165, 1.54) is 32.5 Å². The van der Waals surface area contributed by atoms with Crippen LogP contribution in [0.5, 0.6) is 0 Å². The maximum absolute atomic E-state index is 9.21. The molecule has 0 aromatic carbocycles. The average molecular weight is 169 g/mol. The number of fused-ring (bicyclic) bond motifs is 2. The summed E-state index contributed by atoms with van der Waals surface area (Å²) in [5.74, 6) is 2.23. The second-order valence-corrected chi connectivity index (χ2v) is 4.30. The van der Waals surface area contributed by atoms with Crippen molar-refractivity contribution in [1.82, 2.24) is 4.90 Å². The van der Waals surface area contributed by atoms with Crippen LogP contribution in [-0.4, -0.2) is 36.2 Å². The molecular formula is C10H19NO. The summed E-state index contributed by atoms with van der Waals surface area (Å²) < 4.78 is 0. The lowest BCUT2D eigenvalue weighted by molar-refractivity contribution is 0.0696. The molecule has 1 saturated carbocycles. The Hall–Kier alpha value is -0.0800. The van der Waals surface area contributed by atoms with Crippen LogP contribution in [0.15, 0.2) is 0 Å².